The highest BCUT2D eigenvalue weighted by Gasteiger charge is 2.17. The zero-order valence-corrected chi connectivity index (χ0v) is 12.5. The Hall–Kier alpha value is -2.32. The summed E-state index contributed by atoms with van der Waals surface area (Å²) in [6, 6.07) is 11.1. The number of pyridine rings is 1. The van der Waals surface area contributed by atoms with E-state index in [2.05, 4.69) is 31.4 Å². The van der Waals surface area contributed by atoms with Gasteiger partial charge in [0, 0.05) is 6.07 Å². The Bertz CT molecular complexity index is 649. The highest BCUT2D eigenvalue weighted by molar-refractivity contribution is 9.10. The molecule has 110 valence electrons. The number of amidine groups is 1. The largest absolute Gasteiger partial charge is 0.503 e. The summed E-state index contributed by atoms with van der Waals surface area (Å²) in [6.07, 6.45) is 0. The smallest absolute Gasteiger partial charge is 0.189 e. The van der Waals surface area contributed by atoms with Gasteiger partial charge >= 0.3 is 0 Å². The highest BCUT2D eigenvalue weighted by Crippen LogP contribution is 2.32. The maximum Gasteiger partial charge on any atom is 0.189 e. The number of hydrazone groups is 1. The summed E-state index contributed by atoms with van der Waals surface area (Å²) in [6.45, 7) is 0.301. The Morgan fingerprint density at radius 2 is 2.10 bits per heavy atom. The van der Waals surface area contributed by atoms with Crippen LogP contribution in [0.4, 0.5) is 0 Å². The van der Waals surface area contributed by atoms with Crippen LogP contribution in [0.5, 0.6) is 11.5 Å². The minimum atomic E-state index is -0.198. The van der Waals surface area contributed by atoms with Crippen molar-refractivity contribution in [1.29, 1.82) is 0 Å². The average molecular weight is 352 g/mol. The molecule has 0 unspecified atom stereocenters. The van der Waals surface area contributed by atoms with Crippen LogP contribution in [-0.4, -0.2) is 15.9 Å². The third kappa shape index (κ3) is 3.61. The number of aromatic hydroxyl groups is 1. The first kappa shape index (κ1) is 15.1. The molecule has 0 saturated carbocycles. The molecule has 8 heteroatoms. The van der Waals surface area contributed by atoms with Crippen molar-refractivity contribution in [3.63, 3.8) is 0 Å². The van der Waals surface area contributed by atoms with E-state index in [1.54, 1.807) is 6.07 Å². The Balaban J connectivity index is 2.28. The highest BCUT2D eigenvalue weighted by atomic mass is 79.9. The maximum absolute atomic E-state index is 10.2. The molecule has 0 fully saturated rings. The number of benzene rings is 1. The minimum Gasteiger partial charge on any atom is -0.503 e. The van der Waals surface area contributed by atoms with Crippen LogP contribution in [0, 0.1) is 0 Å². The first-order valence-corrected chi connectivity index (χ1v) is 6.76. The van der Waals surface area contributed by atoms with Gasteiger partial charge in [-0.15, -0.1) is 0 Å². The fraction of sp³-hybridized carbons (Fsp3) is 0.0769. The molecule has 21 heavy (non-hydrogen) atoms. The normalized spacial score (nSPS) is 11.2. The summed E-state index contributed by atoms with van der Waals surface area (Å²) in [5.74, 6) is 10.6. The quantitative estimate of drug-likeness (QED) is 0.216. The lowest BCUT2D eigenvalue weighted by Gasteiger charge is -2.12. The molecule has 0 aliphatic heterocycles. The maximum atomic E-state index is 10.2. The second-order valence-electron chi connectivity index (χ2n) is 4.04. The molecule has 0 aliphatic carbocycles. The standard InChI is InChI=1S/C13H14BrN5O2/c14-10-6-9(21-7-8-4-2-1-3-5-8)12(20)11(17-10)13(18-15)19-16/h1-6,20H,7,15-16H2,(H,18,19). The van der Waals surface area contributed by atoms with Crippen LogP contribution in [-0.2, 0) is 6.61 Å². The Morgan fingerprint density at radius 3 is 2.71 bits per heavy atom. The number of nitrogens with two attached hydrogens (primary N) is 2. The van der Waals surface area contributed by atoms with Crippen LogP contribution in [0.3, 0.4) is 0 Å². The molecule has 2 aromatic rings. The van der Waals surface area contributed by atoms with Gasteiger partial charge < -0.3 is 21.1 Å². The number of rotatable bonds is 4. The van der Waals surface area contributed by atoms with Crippen molar-refractivity contribution >= 4 is 21.8 Å². The molecular weight excluding hydrogens is 338 g/mol. The minimum absolute atomic E-state index is 0.0401. The van der Waals surface area contributed by atoms with E-state index in [9.17, 15) is 5.11 Å². The fourth-order valence-corrected chi connectivity index (χ4v) is 2.05. The van der Waals surface area contributed by atoms with Crippen LogP contribution in [0.25, 0.3) is 0 Å². The summed E-state index contributed by atoms with van der Waals surface area (Å²) < 4.78 is 6.05. The molecule has 0 aliphatic rings. The number of hydrogen-bond acceptors (Lipinski definition) is 6. The van der Waals surface area contributed by atoms with Crippen molar-refractivity contribution < 1.29 is 9.84 Å². The van der Waals surface area contributed by atoms with E-state index in [0.717, 1.165) is 5.56 Å². The van der Waals surface area contributed by atoms with Gasteiger partial charge in [-0.25, -0.2) is 10.8 Å². The van der Waals surface area contributed by atoms with Gasteiger partial charge in [0.15, 0.2) is 23.0 Å². The van der Waals surface area contributed by atoms with Gasteiger partial charge in [-0.05, 0) is 21.5 Å². The summed E-state index contributed by atoms with van der Waals surface area (Å²) in [7, 11) is 0. The van der Waals surface area contributed by atoms with Crippen molar-refractivity contribution in [3.05, 3.63) is 52.3 Å². The van der Waals surface area contributed by atoms with E-state index in [0.29, 0.717) is 11.2 Å². The van der Waals surface area contributed by atoms with Crippen molar-refractivity contribution in [2.45, 2.75) is 6.61 Å². The molecule has 0 spiro atoms. The lowest BCUT2D eigenvalue weighted by Crippen LogP contribution is -2.33. The third-order valence-electron chi connectivity index (χ3n) is 2.65. The SMILES string of the molecule is N/N=C(\NN)c1nc(Br)cc(OCc2ccccc2)c1O. The van der Waals surface area contributed by atoms with Gasteiger partial charge in [0.05, 0.1) is 0 Å². The van der Waals surface area contributed by atoms with Crippen molar-refractivity contribution in [2.75, 3.05) is 0 Å². The van der Waals surface area contributed by atoms with Gasteiger partial charge in [0.2, 0.25) is 0 Å². The number of hydrogen-bond donors (Lipinski definition) is 4. The second-order valence-corrected chi connectivity index (χ2v) is 4.85. The van der Waals surface area contributed by atoms with Crippen molar-refractivity contribution in [2.24, 2.45) is 16.8 Å². The first-order chi connectivity index (χ1) is 10.2. The first-order valence-electron chi connectivity index (χ1n) is 5.96. The van der Waals surface area contributed by atoms with E-state index in [-0.39, 0.29) is 23.0 Å². The van der Waals surface area contributed by atoms with Gasteiger partial charge in [-0.3, -0.25) is 0 Å². The van der Waals surface area contributed by atoms with Crippen molar-refractivity contribution in [3.8, 4) is 11.5 Å². The Kier molecular flexibility index (Phi) is 4.96. The summed E-state index contributed by atoms with van der Waals surface area (Å²) in [4.78, 5) is 4.06. The van der Waals surface area contributed by atoms with Crippen LogP contribution in [0.1, 0.15) is 11.3 Å². The van der Waals surface area contributed by atoms with Crippen LogP contribution in [0.2, 0.25) is 0 Å². The monoisotopic (exact) mass is 351 g/mol. The number of nitrogens with one attached hydrogen (secondary N) is 1. The third-order valence-corrected chi connectivity index (χ3v) is 3.06. The lowest BCUT2D eigenvalue weighted by atomic mass is 10.2. The predicted octanol–water partition coefficient (Wildman–Crippen LogP) is 1.21. The van der Waals surface area contributed by atoms with E-state index >= 15 is 0 Å². The number of halogens is 1. The molecule has 2 rings (SSSR count). The Labute approximate surface area is 129 Å². The second kappa shape index (κ2) is 6.91. The summed E-state index contributed by atoms with van der Waals surface area (Å²) in [5.41, 5.74) is 3.33. The lowest BCUT2D eigenvalue weighted by molar-refractivity contribution is 0.287. The van der Waals surface area contributed by atoms with Gasteiger partial charge in [-0.2, -0.15) is 5.10 Å². The van der Waals surface area contributed by atoms with Gasteiger partial charge in [0.1, 0.15) is 11.2 Å². The van der Waals surface area contributed by atoms with Crippen molar-refractivity contribution in [1.82, 2.24) is 10.4 Å². The van der Waals surface area contributed by atoms with E-state index in [1.807, 2.05) is 30.3 Å². The Morgan fingerprint density at radius 1 is 1.38 bits per heavy atom. The number of ether oxygens (including phenoxy) is 1. The molecule has 0 atom stereocenters. The molecule has 1 aromatic heterocycles. The molecule has 6 N–H and O–H groups in total. The van der Waals surface area contributed by atoms with E-state index in [1.165, 1.54) is 0 Å². The zero-order valence-electron chi connectivity index (χ0n) is 11.0. The molecule has 0 bridgehead atoms. The van der Waals surface area contributed by atoms with Gasteiger partial charge in [-0.1, -0.05) is 30.3 Å². The number of nitrogens with zero attached hydrogens (tertiary/aromatic N) is 2. The summed E-state index contributed by atoms with van der Waals surface area (Å²) in [5, 5.41) is 13.6. The predicted molar refractivity (Wildman–Crippen MR) is 82.4 cm³/mol. The van der Waals surface area contributed by atoms with Crippen LogP contribution in [0.15, 0.2) is 46.1 Å². The number of hydrazine groups is 1. The molecule has 1 heterocycles. The fourth-order valence-electron chi connectivity index (χ4n) is 1.66. The topological polar surface area (TPSA) is 119 Å². The zero-order chi connectivity index (χ0) is 15.2. The van der Waals surface area contributed by atoms with Crippen LogP contribution < -0.4 is 21.8 Å². The molecule has 1 aromatic carbocycles. The molecule has 0 saturated heterocycles. The summed E-state index contributed by atoms with van der Waals surface area (Å²) >= 11 is 3.23. The van der Waals surface area contributed by atoms with E-state index in [4.69, 9.17) is 16.4 Å². The number of aromatic nitrogens is 1. The van der Waals surface area contributed by atoms with Crippen LogP contribution >= 0.6 is 15.9 Å². The molecule has 0 amide bonds. The van der Waals surface area contributed by atoms with E-state index < -0.39 is 0 Å². The van der Waals surface area contributed by atoms with Gasteiger partial charge in [0.25, 0.3) is 0 Å². The molecule has 0 radical (unpaired) electrons. The molecule has 7 nitrogen and oxygen atoms in total. The average Bonchev–Trinajstić information content (AvgIpc) is 2.51. The molecular formula is C13H14BrN5O2.